The molecule has 1 saturated heterocycles. The summed E-state index contributed by atoms with van der Waals surface area (Å²) in [6.45, 7) is 2.74. The van der Waals surface area contributed by atoms with Crippen molar-refractivity contribution in [3.63, 3.8) is 0 Å². The fourth-order valence-electron chi connectivity index (χ4n) is 4.62. The smallest absolute Gasteiger partial charge is 0.475 e. The van der Waals surface area contributed by atoms with Gasteiger partial charge in [-0.3, -0.25) is 4.79 Å². The lowest BCUT2D eigenvalue weighted by atomic mass is 10.0. The lowest BCUT2D eigenvalue weighted by Gasteiger charge is -2.33. The summed E-state index contributed by atoms with van der Waals surface area (Å²) in [4.78, 5) is 39.9. The van der Waals surface area contributed by atoms with E-state index in [1.165, 1.54) is 0 Å². The van der Waals surface area contributed by atoms with E-state index in [0.717, 1.165) is 35.0 Å². The van der Waals surface area contributed by atoms with Gasteiger partial charge < -0.3 is 25.5 Å². The number of nitrogens with one attached hydrogen (secondary N) is 2. The maximum atomic E-state index is 13.7. The summed E-state index contributed by atoms with van der Waals surface area (Å²) in [5.41, 5.74) is 2.03. The van der Waals surface area contributed by atoms with Gasteiger partial charge in [0.05, 0.1) is 4.90 Å². The minimum absolute atomic E-state index is 0.181. The highest BCUT2D eigenvalue weighted by Gasteiger charge is 2.38. The number of carbonyl (C=O) groups is 3. The van der Waals surface area contributed by atoms with Crippen molar-refractivity contribution in [2.24, 2.45) is 0 Å². The largest absolute Gasteiger partial charge is 0.490 e. The van der Waals surface area contributed by atoms with E-state index in [1.54, 1.807) is 35.2 Å². The molecule has 0 radical (unpaired) electrons. The Morgan fingerprint density at radius 1 is 0.833 bits per heavy atom. The summed E-state index contributed by atoms with van der Waals surface area (Å²) < 4.78 is 57.7. The van der Waals surface area contributed by atoms with Crippen molar-refractivity contribution in [3.8, 4) is 0 Å². The van der Waals surface area contributed by atoms with Crippen LogP contribution >= 0.6 is 10.8 Å². The third kappa shape index (κ3) is 13.2. The van der Waals surface area contributed by atoms with E-state index in [9.17, 15) is 31.2 Å². The van der Waals surface area contributed by atoms with Crippen molar-refractivity contribution in [1.29, 1.82) is 0 Å². The molecule has 1 heterocycles. The van der Waals surface area contributed by atoms with Gasteiger partial charge in [0.15, 0.2) is 0 Å². The second-order valence-corrected chi connectivity index (χ2v) is 15.0. The molecule has 4 rings (SSSR count). The molecule has 2 atom stereocenters. The highest BCUT2D eigenvalue weighted by atomic mass is 33.1. The molecule has 15 heteroatoms. The summed E-state index contributed by atoms with van der Waals surface area (Å²) >= 11 is 0. The van der Waals surface area contributed by atoms with Crippen molar-refractivity contribution in [2.45, 2.75) is 42.4 Å². The molecule has 0 aliphatic carbocycles. The van der Waals surface area contributed by atoms with E-state index in [1.807, 2.05) is 67.7 Å². The number of likely N-dealkylation sites (N-methyl/N-ethyl adjacent to an activating group) is 1. The number of carboxylic acid groups (broad SMARTS) is 1. The topological polar surface area (TPSA) is 136 Å². The summed E-state index contributed by atoms with van der Waals surface area (Å²) in [6.07, 6.45) is -3.53. The van der Waals surface area contributed by atoms with Crippen molar-refractivity contribution in [1.82, 2.24) is 20.4 Å². The number of hydrogen-bond acceptors (Lipinski definition) is 7. The Hall–Kier alpha value is -4.08. The van der Waals surface area contributed by atoms with Gasteiger partial charge in [0, 0.05) is 44.4 Å². The Balaban J connectivity index is 0.000000804. The average molecular weight is 709 g/mol. The lowest BCUT2D eigenvalue weighted by molar-refractivity contribution is -0.192. The van der Waals surface area contributed by atoms with Crippen molar-refractivity contribution in [2.75, 3.05) is 39.0 Å². The predicted octanol–water partition coefficient (Wildman–Crippen LogP) is 4.43. The number of nitrogens with zero attached hydrogens (tertiary/aromatic N) is 2. The van der Waals surface area contributed by atoms with Crippen LogP contribution in [0, 0.1) is 0 Å². The zero-order valence-corrected chi connectivity index (χ0v) is 27.9. The molecule has 3 aromatic rings. The van der Waals surface area contributed by atoms with Crippen LogP contribution in [0.3, 0.4) is 0 Å². The molecule has 1 fully saturated rings. The zero-order valence-electron chi connectivity index (χ0n) is 26.3. The molecule has 3 N–H and O–H groups in total. The number of alkyl halides is 3. The number of carbonyl (C=O) groups excluding carboxylic acids is 2. The summed E-state index contributed by atoms with van der Waals surface area (Å²) in [5.74, 6) is -2.90. The fraction of sp³-hybridized carbons (Fsp3) is 0.364. The first-order chi connectivity index (χ1) is 22.7. The van der Waals surface area contributed by atoms with Crippen LogP contribution in [0.15, 0.2) is 95.9 Å². The van der Waals surface area contributed by atoms with Crippen molar-refractivity contribution in [3.05, 3.63) is 102 Å². The van der Waals surface area contributed by atoms with Crippen molar-refractivity contribution < 1.29 is 41.1 Å². The highest BCUT2D eigenvalue weighted by Crippen LogP contribution is 2.25. The van der Waals surface area contributed by atoms with E-state index >= 15 is 0 Å². The van der Waals surface area contributed by atoms with Gasteiger partial charge in [0.25, 0.3) is 0 Å². The first kappa shape index (κ1) is 38.4. The van der Waals surface area contributed by atoms with Crippen LogP contribution in [0.25, 0.3) is 0 Å². The summed E-state index contributed by atoms with van der Waals surface area (Å²) in [7, 11) is -0.749. The highest BCUT2D eigenvalue weighted by molar-refractivity contribution is 8.72. The SMILES string of the molecule is CN1CCN(C(=O)N[C@@H](Cc2ccccc2)C(=O)N[C@@H](CCc2ccccc2)CSS(=O)(=O)c2ccccc2)CC1.O=C(O)C(F)(F)F. The summed E-state index contributed by atoms with van der Waals surface area (Å²) in [6, 6.07) is 26.3. The monoisotopic (exact) mass is 708 g/mol. The molecular weight excluding hydrogens is 670 g/mol. The predicted molar refractivity (Wildman–Crippen MR) is 178 cm³/mol. The number of halogens is 3. The van der Waals surface area contributed by atoms with E-state index in [4.69, 9.17) is 9.90 Å². The minimum Gasteiger partial charge on any atom is -0.475 e. The van der Waals surface area contributed by atoms with Crippen LogP contribution < -0.4 is 10.6 Å². The Morgan fingerprint density at radius 3 is 1.85 bits per heavy atom. The Labute approximate surface area is 282 Å². The van der Waals surface area contributed by atoms with Crippen molar-refractivity contribution >= 4 is 37.6 Å². The van der Waals surface area contributed by atoms with Gasteiger partial charge in [0.2, 0.25) is 14.8 Å². The number of piperazine rings is 1. The van der Waals surface area contributed by atoms with E-state index < -0.39 is 33.1 Å². The maximum absolute atomic E-state index is 13.7. The first-order valence-electron chi connectivity index (χ1n) is 15.1. The van der Waals surface area contributed by atoms with Gasteiger partial charge in [-0.25, -0.2) is 18.0 Å². The zero-order chi connectivity index (χ0) is 35.2. The molecule has 0 saturated carbocycles. The van der Waals surface area contributed by atoms with Crippen LogP contribution in [-0.4, -0.2) is 98.5 Å². The van der Waals surface area contributed by atoms with E-state index in [0.29, 0.717) is 32.4 Å². The van der Waals surface area contributed by atoms with Crippen LogP contribution in [0.1, 0.15) is 17.5 Å². The van der Waals surface area contributed by atoms with Crippen LogP contribution in [0.5, 0.6) is 0 Å². The number of aliphatic carboxylic acids is 1. The standard InChI is InChI=1S/C31H38N4O4S2.C2HF3O2/c1-34-19-21-35(22-20-34)31(37)33-29(23-26-13-7-3-8-14-26)30(36)32-27(18-17-25-11-5-2-6-12-25)24-40-41(38,39)28-15-9-4-10-16-28;3-2(4,5)1(6)7/h2-16,27,29H,17-24H2,1H3,(H,32,36)(H,33,37);(H,6,7)/t27-,29-;/m0./s1. The molecule has 10 nitrogen and oxygen atoms in total. The summed E-state index contributed by atoms with van der Waals surface area (Å²) in [5, 5.41) is 13.2. The second-order valence-electron chi connectivity index (χ2n) is 11.1. The number of amides is 3. The minimum atomic E-state index is -5.08. The molecule has 1 aliphatic heterocycles. The Morgan fingerprint density at radius 2 is 1.33 bits per heavy atom. The number of benzene rings is 3. The molecule has 0 bridgehead atoms. The lowest BCUT2D eigenvalue weighted by Crippen LogP contribution is -2.57. The maximum Gasteiger partial charge on any atom is 0.490 e. The third-order valence-electron chi connectivity index (χ3n) is 7.36. The molecule has 260 valence electrons. The van der Waals surface area contributed by atoms with Gasteiger partial charge in [0.1, 0.15) is 6.04 Å². The molecule has 0 aromatic heterocycles. The van der Waals surface area contributed by atoms with Gasteiger partial charge in [-0.1, -0.05) is 78.9 Å². The van der Waals surface area contributed by atoms with Gasteiger partial charge in [-0.15, -0.1) is 0 Å². The van der Waals surface area contributed by atoms with Gasteiger partial charge >= 0.3 is 18.2 Å². The normalized spacial score (nSPS) is 15.0. The number of hydrogen-bond donors (Lipinski definition) is 3. The van der Waals surface area contributed by atoms with Crippen LogP contribution in [0.2, 0.25) is 0 Å². The molecule has 0 spiro atoms. The first-order valence-corrected chi connectivity index (χ1v) is 18.1. The van der Waals surface area contributed by atoms with Crippen LogP contribution in [0.4, 0.5) is 18.0 Å². The third-order valence-corrected chi connectivity index (χ3v) is 11.0. The second kappa shape index (κ2) is 18.5. The Bertz CT molecular complexity index is 1560. The number of carboxylic acids is 1. The molecule has 0 unspecified atom stereocenters. The molecular formula is C33H39F3N4O6S2. The number of urea groups is 1. The molecule has 3 aromatic carbocycles. The van der Waals surface area contributed by atoms with Gasteiger partial charge in [-0.2, -0.15) is 13.2 Å². The number of aryl methyl sites for hydroxylation is 1. The quantitative estimate of drug-likeness (QED) is 0.236. The van der Waals surface area contributed by atoms with Gasteiger partial charge in [-0.05, 0) is 53.9 Å². The average Bonchev–Trinajstić information content (AvgIpc) is 3.07. The molecule has 1 aliphatic rings. The van der Waals surface area contributed by atoms with E-state index in [-0.39, 0.29) is 22.6 Å². The molecule has 3 amide bonds. The van der Waals surface area contributed by atoms with Crippen LogP contribution in [-0.2, 0) is 31.3 Å². The fourth-order valence-corrected chi connectivity index (χ4v) is 7.61. The number of rotatable bonds is 12. The Kier molecular flexibility index (Phi) is 14.8. The van der Waals surface area contributed by atoms with E-state index in [2.05, 4.69) is 15.5 Å². The molecule has 48 heavy (non-hydrogen) atoms.